The van der Waals surface area contributed by atoms with Crippen LogP contribution in [0.5, 0.6) is 0 Å². The zero-order valence-electron chi connectivity index (χ0n) is 19.5. The van der Waals surface area contributed by atoms with E-state index in [0.717, 1.165) is 17.1 Å². The summed E-state index contributed by atoms with van der Waals surface area (Å²) in [7, 11) is -3.59. The van der Waals surface area contributed by atoms with Gasteiger partial charge in [-0.25, -0.2) is 28.1 Å². The first-order valence-electron chi connectivity index (χ1n) is 11.3. The summed E-state index contributed by atoms with van der Waals surface area (Å²) < 4.78 is 29.6. The fourth-order valence-electron chi connectivity index (χ4n) is 4.01. The molecule has 1 aromatic carbocycles. The largest absolute Gasteiger partial charge is 0.354 e. The number of nitrogens with one attached hydrogen (secondary N) is 1. The molecule has 11 heteroatoms. The predicted molar refractivity (Wildman–Crippen MR) is 134 cm³/mol. The summed E-state index contributed by atoms with van der Waals surface area (Å²) >= 11 is 0. The van der Waals surface area contributed by atoms with Crippen LogP contribution in [0, 0.1) is 13.8 Å². The molecule has 0 spiro atoms. The molecule has 4 aromatic rings. The molecule has 0 radical (unpaired) electrons. The molecule has 180 valence electrons. The highest BCUT2D eigenvalue weighted by Gasteiger charge is 2.29. The van der Waals surface area contributed by atoms with E-state index in [1.807, 2.05) is 44.3 Å². The minimum absolute atomic E-state index is 0.275. The molecule has 0 unspecified atom stereocenters. The molecule has 0 bridgehead atoms. The second-order valence-electron chi connectivity index (χ2n) is 8.34. The van der Waals surface area contributed by atoms with Crippen LogP contribution >= 0.6 is 0 Å². The average Bonchev–Trinajstić information content (AvgIpc) is 3.39. The summed E-state index contributed by atoms with van der Waals surface area (Å²) in [4.78, 5) is 15.7. The van der Waals surface area contributed by atoms with Gasteiger partial charge in [-0.1, -0.05) is 0 Å². The van der Waals surface area contributed by atoms with Crippen LogP contribution in [0.15, 0.2) is 72.0 Å². The van der Waals surface area contributed by atoms with Crippen LogP contribution < -0.4 is 10.2 Å². The van der Waals surface area contributed by atoms with Crippen molar-refractivity contribution in [2.45, 2.75) is 18.7 Å². The predicted octanol–water partition coefficient (Wildman–Crippen LogP) is 2.93. The van der Waals surface area contributed by atoms with Crippen LogP contribution in [0.2, 0.25) is 0 Å². The van der Waals surface area contributed by atoms with E-state index in [0.29, 0.717) is 43.6 Å². The molecule has 5 rings (SSSR count). The van der Waals surface area contributed by atoms with Gasteiger partial charge in [0, 0.05) is 50.8 Å². The Labute approximate surface area is 204 Å². The van der Waals surface area contributed by atoms with Crippen LogP contribution in [0.4, 0.5) is 17.5 Å². The first kappa shape index (κ1) is 22.9. The molecule has 35 heavy (non-hydrogen) atoms. The number of rotatable bonds is 6. The van der Waals surface area contributed by atoms with Gasteiger partial charge in [-0.15, -0.1) is 0 Å². The Bertz CT molecular complexity index is 1410. The normalized spacial score (nSPS) is 14.7. The van der Waals surface area contributed by atoms with Gasteiger partial charge in [0.05, 0.1) is 10.6 Å². The van der Waals surface area contributed by atoms with Crippen LogP contribution in [0.3, 0.4) is 0 Å². The van der Waals surface area contributed by atoms with Crippen molar-refractivity contribution in [3.05, 3.63) is 78.5 Å². The second kappa shape index (κ2) is 9.43. The van der Waals surface area contributed by atoms with E-state index in [4.69, 9.17) is 0 Å². The lowest BCUT2D eigenvalue weighted by atomic mass is 10.3. The maximum atomic E-state index is 13.2. The van der Waals surface area contributed by atoms with Crippen LogP contribution in [-0.2, 0) is 10.0 Å². The van der Waals surface area contributed by atoms with Crippen molar-refractivity contribution < 1.29 is 8.42 Å². The summed E-state index contributed by atoms with van der Waals surface area (Å²) in [5.74, 6) is 2.75. The number of anilines is 3. The van der Waals surface area contributed by atoms with Crippen molar-refractivity contribution in [3.8, 4) is 5.69 Å². The van der Waals surface area contributed by atoms with E-state index in [1.54, 1.807) is 41.3 Å². The van der Waals surface area contributed by atoms with Crippen molar-refractivity contribution in [2.24, 2.45) is 0 Å². The molecule has 1 saturated heterocycles. The minimum atomic E-state index is -3.59. The number of hydrogen-bond donors (Lipinski definition) is 1. The van der Waals surface area contributed by atoms with Gasteiger partial charge in [-0.3, -0.25) is 0 Å². The SMILES string of the molecule is Cc1ccnc(Nc2cc(N3CCN(S(=O)(=O)c4ccc(-n5cccn5)cc4)CC3)nc(C)n2)c1. The monoisotopic (exact) mass is 490 g/mol. The van der Waals surface area contributed by atoms with Crippen molar-refractivity contribution >= 4 is 27.5 Å². The molecule has 1 N–H and O–H groups in total. The van der Waals surface area contributed by atoms with Gasteiger partial charge in [0.15, 0.2) is 0 Å². The van der Waals surface area contributed by atoms with Crippen LogP contribution in [-0.4, -0.2) is 63.6 Å². The highest BCUT2D eigenvalue weighted by molar-refractivity contribution is 7.89. The Morgan fingerprint density at radius 1 is 0.886 bits per heavy atom. The molecule has 10 nitrogen and oxygen atoms in total. The Hall–Kier alpha value is -3.83. The topological polar surface area (TPSA) is 109 Å². The van der Waals surface area contributed by atoms with Crippen molar-refractivity contribution in [1.82, 2.24) is 29.0 Å². The first-order valence-corrected chi connectivity index (χ1v) is 12.7. The number of piperazine rings is 1. The van der Waals surface area contributed by atoms with E-state index in [-0.39, 0.29) is 4.90 Å². The molecule has 1 aliphatic rings. The summed E-state index contributed by atoms with van der Waals surface area (Å²) in [5.41, 5.74) is 1.91. The third kappa shape index (κ3) is 5.00. The van der Waals surface area contributed by atoms with Crippen molar-refractivity contribution in [1.29, 1.82) is 0 Å². The Kier molecular flexibility index (Phi) is 6.18. The number of aromatic nitrogens is 5. The van der Waals surface area contributed by atoms with Gasteiger partial charge in [-0.05, 0) is 61.9 Å². The average molecular weight is 491 g/mol. The highest BCUT2D eigenvalue weighted by atomic mass is 32.2. The maximum absolute atomic E-state index is 13.2. The smallest absolute Gasteiger partial charge is 0.243 e. The number of aryl methyl sites for hydroxylation is 2. The van der Waals surface area contributed by atoms with E-state index >= 15 is 0 Å². The Morgan fingerprint density at radius 3 is 2.34 bits per heavy atom. The number of nitrogens with zero attached hydrogens (tertiary/aromatic N) is 7. The van der Waals surface area contributed by atoms with Crippen molar-refractivity contribution in [3.63, 3.8) is 0 Å². The summed E-state index contributed by atoms with van der Waals surface area (Å²) in [6.45, 7) is 5.65. The molecule has 3 aromatic heterocycles. The fraction of sp³-hybridized carbons (Fsp3) is 0.250. The Balaban J connectivity index is 1.27. The zero-order chi connectivity index (χ0) is 24.4. The van der Waals surface area contributed by atoms with Gasteiger partial charge in [-0.2, -0.15) is 9.40 Å². The number of pyridine rings is 1. The van der Waals surface area contributed by atoms with E-state index in [1.165, 1.54) is 4.31 Å². The van der Waals surface area contributed by atoms with Gasteiger partial charge in [0.25, 0.3) is 0 Å². The molecule has 1 aliphatic heterocycles. The van der Waals surface area contributed by atoms with Gasteiger partial charge in [0.1, 0.15) is 23.3 Å². The summed E-state index contributed by atoms with van der Waals surface area (Å²) in [6.07, 6.45) is 5.24. The maximum Gasteiger partial charge on any atom is 0.243 e. The minimum Gasteiger partial charge on any atom is -0.354 e. The highest BCUT2D eigenvalue weighted by Crippen LogP contribution is 2.23. The van der Waals surface area contributed by atoms with E-state index < -0.39 is 10.0 Å². The van der Waals surface area contributed by atoms with Crippen molar-refractivity contribution in [2.75, 3.05) is 36.4 Å². The number of hydrogen-bond acceptors (Lipinski definition) is 8. The quantitative estimate of drug-likeness (QED) is 0.439. The Morgan fingerprint density at radius 2 is 1.66 bits per heavy atom. The van der Waals surface area contributed by atoms with Crippen LogP contribution in [0.1, 0.15) is 11.4 Å². The number of sulfonamides is 1. The molecular formula is C24H26N8O2S. The third-order valence-electron chi connectivity index (χ3n) is 5.80. The molecule has 1 fully saturated rings. The molecule has 0 atom stereocenters. The molecular weight excluding hydrogens is 464 g/mol. The summed E-state index contributed by atoms with van der Waals surface area (Å²) in [6, 6.07) is 14.4. The van der Waals surface area contributed by atoms with E-state index in [9.17, 15) is 8.42 Å². The first-order chi connectivity index (χ1) is 16.9. The second-order valence-corrected chi connectivity index (χ2v) is 10.3. The molecule has 0 saturated carbocycles. The molecule has 4 heterocycles. The lowest BCUT2D eigenvalue weighted by Gasteiger charge is -2.34. The van der Waals surface area contributed by atoms with Gasteiger partial charge in [0.2, 0.25) is 10.0 Å². The van der Waals surface area contributed by atoms with Crippen LogP contribution in [0.25, 0.3) is 5.69 Å². The van der Waals surface area contributed by atoms with Gasteiger partial charge < -0.3 is 10.2 Å². The summed E-state index contributed by atoms with van der Waals surface area (Å²) in [5, 5.41) is 7.41. The fourth-order valence-corrected chi connectivity index (χ4v) is 5.43. The standard InChI is InChI=1S/C24H26N8O2S/c1-18-8-10-25-22(16-18)29-23-17-24(28-19(2)27-23)30-12-14-31(15-13-30)35(33,34)21-6-4-20(5-7-21)32-11-3-9-26-32/h3-11,16-17H,12-15H2,1-2H3,(H,25,27,28,29). The zero-order valence-corrected chi connectivity index (χ0v) is 20.4. The lowest BCUT2D eigenvalue weighted by Crippen LogP contribution is -2.49. The van der Waals surface area contributed by atoms with Gasteiger partial charge >= 0.3 is 0 Å². The number of benzene rings is 1. The molecule has 0 amide bonds. The lowest BCUT2D eigenvalue weighted by molar-refractivity contribution is 0.383. The third-order valence-corrected chi connectivity index (χ3v) is 7.71. The van der Waals surface area contributed by atoms with E-state index in [2.05, 4.69) is 30.3 Å². The molecule has 0 aliphatic carbocycles.